The number of aromatic nitrogens is 1. The fraction of sp³-hybridized carbons (Fsp3) is 0.417. The molecule has 0 aromatic carbocycles. The summed E-state index contributed by atoms with van der Waals surface area (Å²) in [5.74, 6) is -0.597. The molecule has 0 saturated carbocycles. The first kappa shape index (κ1) is 10.8. The summed E-state index contributed by atoms with van der Waals surface area (Å²) in [6, 6.07) is 5.58. The first-order valence-electron chi connectivity index (χ1n) is 5.47. The van der Waals surface area contributed by atoms with E-state index in [1.54, 1.807) is 6.20 Å². The maximum Gasteiger partial charge on any atom is 0.230 e. The monoisotopic (exact) mass is 218 g/mol. The number of imide groups is 1. The van der Waals surface area contributed by atoms with Crippen molar-refractivity contribution in [3.8, 4) is 0 Å². The molecule has 16 heavy (non-hydrogen) atoms. The van der Waals surface area contributed by atoms with Crippen molar-refractivity contribution in [1.29, 1.82) is 0 Å². The van der Waals surface area contributed by atoms with Gasteiger partial charge in [0, 0.05) is 30.1 Å². The van der Waals surface area contributed by atoms with Crippen LogP contribution in [0.2, 0.25) is 0 Å². The predicted octanol–water partition coefficient (Wildman–Crippen LogP) is 1.24. The van der Waals surface area contributed by atoms with E-state index >= 15 is 0 Å². The third-order valence-corrected chi connectivity index (χ3v) is 3.00. The zero-order chi connectivity index (χ0) is 11.5. The summed E-state index contributed by atoms with van der Waals surface area (Å²) in [6.07, 6.45) is 2.76. The fourth-order valence-corrected chi connectivity index (χ4v) is 2.18. The summed E-state index contributed by atoms with van der Waals surface area (Å²) in [5, 5.41) is 2.37. The minimum absolute atomic E-state index is 0.0764. The lowest BCUT2D eigenvalue weighted by atomic mass is 9.81. The van der Waals surface area contributed by atoms with E-state index in [9.17, 15) is 9.59 Å². The summed E-state index contributed by atoms with van der Waals surface area (Å²) < 4.78 is 0. The first-order chi connectivity index (χ1) is 7.72. The van der Waals surface area contributed by atoms with Gasteiger partial charge in [0.15, 0.2) is 0 Å². The van der Waals surface area contributed by atoms with Crippen LogP contribution in [-0.4, -0.2) is 16.8 Å². The Morgan fingerprint density at radius 1 is 1.44 bits per heavy atom. The van der Waals surface area contributed by atoms with Crippen LogP contribution >= 0.6 is 0 Å². The summed E-state index contributed by atoms with van der Waals surface area (Å²) in [5.41, 5.74) is 0.831. The number of piperidine rings is 1. The maximum absolute atomic E-state index is 11.7. The smallest absolute Gasteiger partial charge is 0.230 e. The Balaban J connectivity index is 2.30. The van der Waals surface area contributed by atoms with Gasteiger partial charge in [-0.05, 0) is 18.6 Å². The Bertz CT molecular complexity index is 403. The fourth-order valence-electron chi connectivity index (χ4n) is 2.18. The number of hydrogen-bond acceptors (Lipinski definition) is 3. The standard InChI is InChI=1S/C12H14N2O2/c1-2-8-9(7-11(15)14-12(8)16)10-5-3-4-6-13-10/h3-6,8-9H,2,7H2,1H3,(H,14,15,16). The van der Waals surface area contributed by atoms with Crippen LogP contribution in [0.4, 0.5) is 0 Å². The number of rotatable bonds is 2. The van der Waals surface area contributed by atoms with Crippen LogP contribution < -0.4 is 5.32 Å². The molecule has 1 fully saturated rings. The van der Waals surface area contributed by atoms with Gasteiger partial charge in [0.25, 0.3) is 0 Å². The van der Waals surface area contributed by atoms with Gasteiger partial charge in [-0.2, -0.15) is 0 Å². The molecule has 1 N–H and O–H groups in total. The lowest BCUT2D eigenvalue weighted by Gasteiger charge is -2.28. The lowest BCUT2D eigenvalue weighted by Crippen LogP contribution is -2.44. The van der Waals surface area contributed by atoms with Crippen LogP contribution in [0.15, 0.2) is 24.4 Å². The van der Waals surface area contributed by atoms with Crippen molar-refractivity contribution in [1.82, 2.24) is 10.3 Å². The van der Waals surface area contributed by atoms with Gasteiger partial charge in [-0.15, -0.1) is 0 Å². The topological polar surface area (TPSA) is 59.1 Å². The largest absolute Gasteiger partial charge is 0.296 e. The van der Waals surface area contributed by atoms with Crippen molar-refractivity contribution in [3.05, 3.63) is 30.1 Å². The average Bonchev–Trinajstić information content (AvgIpc) is 2.29. The molecule has 2 atom stereocenters. The van der Waals surface area contributed by atoms with Crippen molar-refractivity contribution in [2.75, 3.05) is 0 Å². The SMILES string of the molecule is CCC1C(=O)NC(=O)CC1c1ccccn1. The number of hydrogen-bond donors (Lipinski definition) is 1. The third kappa shape index (κ3) is 1.96. The second kappa shape index (κ2) is 4.43. The van der Waals surface area contributed by atoms with Crippen LogP contribution in [0.3, 0.4) is 0 Å². The highest BCUT2D eigenvalue weighted by Gasteiger charge is 2.36. The Kier molecular flexibility index (Phi) is 2.99. The second-order valence-electron chi connectivity index (χ2n) is 3.99. The molecular weight excluding hydrogens is 204 g/mol. The van der Waals surface area contributed by atoms with E-state index in [2.05, 4.69) is 10.3 Å². The van der Waals surface area contributed by atoms with Gasteiger partial charge in [-0.1, -0.05) is 13.0 Å². The molecule has 0 bridgehead atoms. The van der Waals surface area contributed by atoms with E-state index in [-0.39, 0.29) is 23.7 Å². The normalized spacial score (nSPS) is 25.3. The van der Waals surface area contributed by atoms with Gasteiger partial charge in [0.1, 0.15) is 0 Å². The van der Waals surface area contributed by atoms with E-state index in [0.717, 1.165) is 12.1 Å². The van der Waals surface area contributed by atoms with Crippen molar-refractivity contribution >= 4 is 11.8 Å². The Hall–Kier alpha value is -1.71. The minimum atomic E-state index is -0.203. The summed E-state index contributed by atoms with van der Waals surface area (Å²) in [7, 11) is 0. The first-order valence-corrected chi connectivity index (χ1v) is 5.47. The van der Waals surface area contributed by atoms with E-state index in [1.165, 1.54) is 0 Å². The molecule has 4 heteroatoms. The highest BCUT2D eigenvalue weighted by Crippen LogP contribution is 2.31. The van der Waals surface area contributed by atoms with Crippen LogP contribution in [-0.2, 0) is 9.59 Å². The Morgan fingerprint density at radius 2 is 2.25 bits per heavy atom. The van der Waals surface area contributed by atoms with Gasteiger partial charge in [0.2, 0.25) is 11.8 Å². The summed E-state index contributed by atoms with van der Waals surface area (Å²) in [4.78, 5) is 27.3. The van der Waals surface area contributed by atoms with Gasteiger partial charge in [-0.3, -0.25) is 19.9 Å². The van der Waals surface area contributed by atoms with Crippen molar-refractivity contribution in [2.45, 2.75) is 25.7 Å². The van der Waals surface area contributed by atoms with Crippen molar-refractivity contribution in [3.63, 3.8) is 0 Å². The maximum atomic E-state index is 11.7. The van der Waals surface area contributed by atoms with Crippen LogP contribution in [0, 0.1) is 5.92 Å². The predicted molar refractivity (Wildman–Crippen MR) is 58.5 cm³/mol. The molecule has 0 aliphatic carbocycles. The molecule has 1 aliphatic rings. The molecule has 2 unspecified atom stereocenters. The molecule has 0 spiro atoms. The number of nitrogens with one attached hydrogen (secondary N) is 1. The molecule has 4 nitrogen and oxygen atoms in total. The molecule has 2 heterocycles. The van der Waals surface area contributed by atoms with E-state index in [1.807, 2.05) is 25.1 Å². The zero-order valence-electron chi connectivity index (χ0n) is 9.14. The molecule has 84 valence electrons. The summed E-state index contributed by atoms with van der Waals surface area (Å²) in [6.45, 7) is 1.95. The average molecular weight is 218 g/mol. The molecule has 0 radical (unpaired) electrons. The zero-order valence-corrected chi connectivity index (χ0v) is 9.14. The van der Waals surface area contributed by atoms with Gasteiger partial charge in [0.05, 0.1) is 0 Å². The molecule has 1 aromatic heterocycles. The van der Waals surface area contributed by atoms with Gasteiger partial charge in [-0.25, -0.2) is 0 Å². The molecular formula is C12H14N2O2. The number of amides is 2. The highest BCUT2D eigenvalue weighted by atomic mass is 16.2. The molecule has 1 saturated heterocycles. The number of pyridine rings is 1. The van der Waals surface area contributed by atoms with Gasteiger partial charge < -0.3 is 0 Å². The molecule has 2 rings (SSSR count). The van der Waals surface area contributed by atoms with E-state index < -0.39 is 0 Å². The quantitative estimate of drug-likeness (QED) is 0.760. The number of nitrogens with zero attached hydrogens (tertiary/aromatic N) is 1. The Labute approximate surface area is 94.1 Å². The minimum Gasteiger partial charge on any atom is -0.296 e. The van der Waals surface area contributed by atoms with Crippen molar-refractivity contribution < 1.29 is 9.59 Å². The van der Waals surface area contributed by atoms with Crippen molar-refractivity contribution in [2.24, 2.45) is 5.92 Å². The highest BCUT2D eigenvalue weighted by molar-refractivity contribution is 5.99. The number of carbonyl (C=O) groups excluding carboxylic acids is 2. The molecule has 1 aliphatic heterocycles. The lowest BCUT2D eigenvalue weighted by molar-refractivity contribution is -0.137. The Morgan fingerprint density at radius 3 is 2.88 bits per heavy atom. The second-order valence-corrected chi connectivity index (χ2v) is 3.99. The van der Waals surface area contributed by atoms with Crippen LogP contribution in [0.25, 0.3) is 0 Å². The molecule has 1 aromatic rings. The molecule has 2 amide bonds. The van der Waals surface area contributed by atoms with E-state index in [4.69, 9.17) is 0 Å². The van der Waals surface area contributed by atoms with Gasteiger partial charge >= 0.3 is 0 Å². The summed E-state index contributed by atoms with van der Waals surface area (Å²) >= 11 is 0. The third-order valence-electron chi connectivity index (χ3n) is 3.00. The number of carbonyl (C=O) groups is 2. The van der Waals surface area contributed by atoms with E-state index in [0.29, 0.717) is 6.42 Å². The van der Waals surface area contributed by atoms with Crippen LogP contribution in [0.1, 0.15) is 31.4 Å². The van der Waals surface area contributed by atoms with Crippen LogP contribution in [0.5, 0.6) is 0 Å².